The molecule has 0 aliphatic heterocycles. The highest BCUT2D eigenvalue weighted by atomic mass is 16.4. The molecule has 0 aromatic heterocycles. The van der Waals surface area contributed by atoms with Gasteiger partial charge in [-0.2, -0.15) is 0 Å². The van der Waals surface area contributed by atoms with Crippen molar-refractivity contribution in [3.05, 3.63) is 94.5 Å². The van der Waals surface area contributed by atoms with Gasteiger partial charge in [0.15, 0.2) is 11.6 Å². The summed E-state index contributed by atoms with van der Waals surface area (Å²) in [6, 6.07) is 16.1. The molecule has 0 spiro atoms. The van der Waals surface area contributed by atoms with E-state index < -0.39 is 17.8 Å². The molecule has 0 heterocycles. The summed E-state index contributed by atoms with van der Waals surface area (Å²) >= 11 is 0. The minimum atomic E-state index is -1.42. The van der Waals surface area contributed by atoms with Crippen LogP contribution in [0, 0.1) is 0 Å². The molecule has 0 fully saturated rings. The molecule has 1 amide bonds. The number of hydrogen-bond donors (Lipinski definition) is 2. The van der Waals surface area contributed by atoms with Crippen LogP contribution in [0.25, 0.3) is 0 Å². The predicted octanol–water partition coefficient (Wildman–Crippen LogP) is 3.98. The van der Waals surface area contributed by atoms with E-state index in [1.807, 2.05) is 0 Å². The molecule has 0 unspecified atom stereocenters. The molecule has 7 nitrogen and oxygen atoms in total. The Morgan fingerprint density at radius 1 is 0.724 bits per heavy atom. The smallest absolute Gasteiger partial charge is 0.416 e. The van der Waals surface area contributed by atoms with Crippen molar-refractivity contribution in [1.29, 1.82) is 0 Å². The van der Waals surface area contributed by atoms with E-state index in [2.05, 4.69) is 0 Å². The first kappa shape index (κ1) is 18.1. The largest absolute Gasteiger partial charge is 0.478 e. The third-order valence-corrected chi connectivity index (χ3v) is 4.71. The number of amides is 1. The Kier molecular flexibility index (Phi) is 4.20. The highest BCUT2D eigenvalue weighted by molar-refractivity contribution is 6.30. The fourth-order valence-corrected chi connectivity index (χ4v) is 3.44. The van der Waals surface area contributed by atoms with Crippen molar-refractivity contribution >= 4 is 35.0 Å². The molecule has 3 aromatic carbocycles. The summed E-state index contributed by atoms with van der Waals surface area (Å²) in [4.78, 5) is 50.2. The van der Waals surface area contributed by atoms with Crippen LogP contribution in [0.15, 0.2) is 66.7 Å². The standard InChI is InChI=1S/C22H13NO6/c24-19-14-7-1-2-8-15(14)20(25)18-16(19)9-4-10-17(18)23(22(28)29)13-6-3-5-12(11-13)21(26)27/h1-11H,(H,26,27)(H,28,29). The summed E-state index contributed by atoms with van der Waals surface area (Å²) in [6.45, 7) is 0. The van der Waals surface area contributed by atoms with Gasteiger partial charge in [-0.15, -0.1) is 0 Å². The van der Waals surface area contributed by atoms with E-state index in [-0.39, 0.29) is 45.0 Å². The quantitative estimate of drug-likeness (QED) is 0.550. The van der Waals surface area contributed by atoms with Gasteiger partial charge in [-0.1, -0.05) is 42.5 Å². The van der Waals surface area contributed by atoms with Crippen molar-refractivity contribution in [2.45, 2.75) is 0 Å². The van der Waals surface area contributed by atoms with Crippen molar-refractivity contribution in [2.75, 3.05) is 4.90 Å². The molecule has 29 heavy (non-hydrogen) atoms. The van der Waals surface area contributed by atoms with E-state index in [0.717, 1.165) is 4.90 Å². The molecule has 3 aromatic rings. The van der Waals surface area contributed by atoms with Gasteiger partial charge in [0, 0.05) is 16.7 Å². The van der Waals surface area contributed by atoms with Gasteiger partial charge in [0.05, 0.1) is 22.5 Å². The number of carboxylic acid groups (broad SMARTS) is 2. The van der Waals surface area contributed by atoms with Crippen molar-refractivity contribution in [2.24, 2.45) is 0 Å². The third-order valence-electron chi connectivity index (χ3n) is 4.71. The summed E-state index contributed by atoms with van der Waals surface area (Å²) in [5.41, 5.74) is 0.465. The summed E-state index contributed by atoms with van der Waals surface area (Å²) in [5, 5.41) is 19.1. The zero-order valence-electron chi connectivity index (χ0n) is 14.8. The van der Waals surface area contributed by atoms with Crippen molar-refractivity contribution in [3.8, 4) is 0 Å². The lowest BCUT2D eigenvalue weighted by atomic mass is 9.83. The molecular weight excluding hydrogens is 374 g/mol. The van der Waals surface area contributed by atoms with Crippen LogP contribution in [-0.2, 0) is 0 Å². The average molecular weight is 387 g/mol. The molecule has 0 atom stereocenters. The second kappa shape index (κ2) is 6.72. The van der Waals surface area contributed by atoms with Crippen molar-refractivity contribution < 1.29 is 29.4 Å². The molecule has 4 rings (SSSR count). The number of carbonyl (C=O) groups excluding carboxylic acids is 2. The van der Waals surface area contributed by atoms with Gasteiger partial charge in [-0.25, -0.2) is 14.5 Å². The Morgan fingerprint density at radius 3 is 2.00 bits per heavy atom. The topological polar surface area (TPSA) is 112 Å². The predicted molar refractivity (Wildman–Crippen MR) is 103 cm³/mol. The minimum Gasteiger partial charge on any atom is -0.478 e. The summed E-state index contributed by atoms with van der Waals surface area (Å²) < 4.78 is 0. The number of carboxylic acids is 1. The lowest BCUT2D eigenvalue weighted by Crippen LogP contribution is -2.29. The fourth-order valence-electron chi connectivity index (χ4n) is 3.44. The van der Waals surface area contributed by atoms with Gasteiger partial charge in [-0.3, -0.25) is 9.59 Å². The van der Waals surface area contributed by atoms with E-state index in [0.29, 0.717) is 0 Å². The van der Waals surface area contributed by atoms with Gasteiger partial charge in [0.1, 0.15) is 0 Å². The lowest BCUT2D eigenvalue weighted by molar-refractivity contribution is 0.0696. The van der Waals surface area contributed by atoms with Crippen LogP contribution >= 0.6 is 0 Å². The molecule has 0 radical (unpaired) electrons. The van der Waals surface area contributed by atoms with Crippen molar-refractivity contribution in [1.82, 2.24) is 0 Å². The second-order valence-corrected chi connectivity index (χ2v) is 6.38. The number of rotatable bonds is 3. The monoisotopic (exact) mass is 387 g/mol. The van der Waals surface area contributed by atoms with E-state index in [9.17, 15) is 29.4 Å². The Bertz CT molecular complexity index is 1210. The Hall–Kier alpha value is -4.26. The van der Waals surface area contributed by atoms with Gasteiger partial charge in [0.2, 0.25) is 0 Å². The SMILES string of the molecule is O=C(O)c1cccc(N(C(=O)O)c2cccc3c2C(=O)c2ccccc2C3=O)c1. The number of ketones is 2. The van der Waals surface area contributed by atoms with E-state index >= 15 is 0 Å². The van der Waals surface area contributed by atoms with Crippen LogP contribution in [0.2, 0.25) is 0 Å². The highest BCUT2D eigenvalue weighted by Gasteiger charge is 2.34. The molecular formula is C22H13NO6. The van der Waals surface area contributed by atoms with Gasteiger partial charge >= 0.3 is 12.1 Å². The zero-order valence-corrected chi connectivity index (χ0v) is 14.8. The van der Waals surface area contributed by atoms with Gasteiger partial charge in [0.25, 0.3) is 0 Å². The van der Waals surface area contributed by atoms with Crippen LogP contribution in [0.5, 0.6) is 0 Å². The van der Waals surface area contributed by atoms with Crippen LogP contribution < -0.4 is 4.90 Å². The normalized spacial score (nSPS) is 12.1. The molecule has 142 valence electrons. The Labute approximate surface area is 164 Å². The maximum Gasteiger partial charge on any atom is 0.416 e. The number of carbonyl (C=O) groups is 4. The van der Waals surface area contributed by atoms with E-state index in [1.54, 1.807) is 18.2 Å². The van der Waals surface area contributed by atoms with Gasteiger partial charge in [-0.05, 0) is 24.3 Å². The summed E-state index contributed by atoms with van der Waals surface area (Å²) in [6.07, 6.45) is -1.42. The highest BCUT2D eigenvalue weighted by Crippen LogP contribution is 2.37. The summed E-state index contributed by atoms with van der Waals surface area (Å²) in [7, 11) is 0. The van der Waals surface area contributed by atoms with Crippen LogP contribution in [0.4, 0.5) is 16.2 Å². The maximum atomic E-state index is 13.1. The molecule has 7 heteroatoms. The summed E-state index contributed by atoms with van der Waals surface area (Å²) in [5.74, 6) is -2.06. The lowest BCUT2D eigenvalue weighted by Gasteiger charge is -2.26. The number of fused-ring (bicyclic) bond motifs is 2. The minimum absolute atomic E-state index is 0.00890. The number of benzene rings is 3. The average Bonchev–Trinajstić information content (AvgIpc) is 2.72. The Morgan fingerprint density at radius 2 is 1.34 bits per heavy atom. The third kappa shape index (κ3) is 2.85. The number of aromatic carboxylic acids is 1. The molecule has 0 saturated heterocycles. The first-order valence-electron chi connectivity index (χ1n) is 8.58. The number of anilines is 2. The van der Waals surface area contributed by atoms with E-state index in [1.165, 1.54) is 48.5 Å². The maximum absolute atomic E-state index is 13.1. The van der Waals surface area contributed by atoms with Gasteiger partial charge < -0.3 is 10.2 Å². The Balaban J connectivity index is 1.95. The second-order valence-electron chi connectivity index (χ2n) is 6.38. The molecule has 0 bridgehead atoms. The van der Waals surface area contributed by atoms with Crippen LogP contribution in [0.3, 0.4) is 0 Å². The molecule has 1 aliphatic rings. The zero-order chi connectivity index (χ0) is 20.7. The van der Waals surface area contributed by atoms with Crippen LogP contribution in [0.1, 0.15) is 42.2 Å². The fraction of sp³-hybridized carbons (Fsp3) is 0. The van der Waals surface area contributed by atoms with E-state index in [4.69, 9.17) is 0 Å². The molecule has 1 aliphatic carbocycles. The number of hydrogen-bond acceptors (Lipinski definition) is 4. The molecule has 2 N–H and O–H groups in total. The molecule has 0 saturated carbocycles. The first-order chi connectivity index (χ1) is 13.9. The van der Waals surface area contributed by atoms with Crippen molar-refractivity contribution in [3.63, 3.8) is 0 Å². The van der Waals surface area contributed by atoms with Crippen LogP contribution in [-0.4, -0.2) is 33.8 Å². The first-order valence-corrected chi connectivity index (χ1v) is 8.58. The number of nitrogens with zero attached hydrogens (tertiary/aromatic N) is 1.